The number of likely N-dealkylation sites (N-methyl/N-ethyl adjacent to an activating group) is 1. The molecule has 0 aliphatic carbocycles. The maximum Gasteiger partial charge on any atom is 0.0104 e. The number of hydrogen-bond acceptors (Lipinski definition) is 2. The van der Waals surface area contributed by atoms with Gasteiger partial charge in [-0.1, -0.05) is 40.0 Å². The molecule has 0 bridgehead atoms. The highest BCUT2D eigenvalue weighted by Crippen LogP contribution is 2.03. The van der Waals surface area contributed by atoms with Gasteiger partial charge in [-0.3, -0.25) is 0 Å². The Balaban J connectivity index is 3.35. The number of nitrogens with one attached hydrogen (secondary N) is 1. The second-order valence-electron chi connectivity index (χ2n) is 5.84. The molecule has 2 nitrogen and oxygen atoms in total. The summed E-state index contributed by atoms with van der Waals surface area (Å²) < 4.78 is 0. The zero-order chi connectivity index (χ0) is 13.1. The zero-order valence-corrected chi connectivity index (χ0v) is 12.8. The highest BCUT2D eigenvalue weighted by atomic mass is 15.1. The lowest BCUT2D eigenvalue weighted by Gasteiger charge is -2.20. The van der Waals surface area contributed by atoms with E-state index >= 15 is 0 Å². The summed E-state index contributed by atoms with van der Waals surface area (Å²) in [6.07, 6.45) is 6.70. The molecule has 0 aromatic heterocycles. The van der Waals surface area contributed by atoms with E-state index in [9.17, 15) is 0 Å². The first-order valence-corrected chi connectivity index (χ1v) is 7.48. The van der Waals surface area contributed by atoms with Crippen LogP contribution < -0.4 is 5.32 Å². The molecular weight excluding hydrogens is 208 g/mol. The first-order chi connectivity index (χ1) is 8.06. The van der Waals surface area contributed by atoms with Crippen LogP contribution in [-0.2, 0) is 0 Å². The zero-order valence-electron chi connectivity index (χ0n) is 12.8. The molecule has 0 radical (unpaired) electrons. The lowest BCUT2D eigenvalue weighted by Crippen LogP contribution is -2.34. The molecule has 0 aromatic carbocycles. The maximum atomic E-state index is 3.62. The number of rotatable bonds is 11. The third-order valence-electron chi connectivity index (χ3n) is 3.32. The molecule has 1 atom stereocenters. The first-order valence-electron chi connectivity index (χ1n) is 7.48. The lowest BCUT2D eigenvalue weighted by molar-refractivity contribution is 0.302. The molecular formula is C15H34N2. The van der Waals surface area contributed by atoms with Crippen molar-refractivity contribution in [1.29, 1.82) is 0 Å². The summed E-state index contributed by atoms with van der Waals surface area (Å²) in [5.74, 6) is 0.818. The standard InChI is InChI=1S/C15H34N2/c1-6-7-8-9-15(4)16-11-13-17(5)12-10-14(2)3/h14-16H,6-13H2,1-5H3. The van der Waals surface area contributed by atoms with Crippen LogP contribution in [0.2, 0.25) is 0 Å². The number of unbranched alkanes of at least 4 members (excludes halogenated alkanes) is 2. The van der Waals surface area contributed by atoms with Crippen molar-refractivity contribution in [1.82, 2.24) is 10.2 Å². The average molecular weight is 242 g/mol. The van der Waals surface area contributed by atoms with Crippen molar-refractivity contribution >= 4 is 0 Å². The van der Waals surface area contributed by atoms with E-state index in [1.807, 2.05) is 0 Å². The van der Waals surface area contributed by atoms with E-state index in [2.05, 4.69) is 45.0 Å². The van der Waals surface area contributed by atoms with Gasteiger partial charge in [0.05, 0.1) is 0 Å². The first kappa shape index (κ1) is 16.9. The van der Waals surface area contributed by atoms with Gasteiger partial charge in [0.1, 0.15) is 0 Å². The monoisotopic (exact) mass is 242 g/mol. The highest BCUT2D eigenvalue weighted by Gasteiger charge is 2.03. The van der Waals surface area contributed by atoms with Gasteiger partial charge in [-0.05, 0) is 39.3 Å². The van der Waals surface area contributed by atoms with E-state index < -0.39 is 0 Å². The smallest absolute Gasteiger partial charge is 0.0104 e. The van der Waals surface area contributed by atoms with Gasteiger partial charge in [0.25, 0.3) is 0 Å². The van der Waals surface area contributed by atoms with Crippen LogP contribution in [0.3, 0.4) is 0 Å². The van der Waals surface area contributed by atoms with Crippen LogP contribution in [0.1, 0.15) is 59.8 Å². The minimum absolute atomic E-state index is 0.681. The molecule has 104 valence electrons. The minimum atomic E-state index is 0.681. The van der Waals surface area contributed by atoms with Crippen LogP contribution in [0.15, 0.2) is 0 Å². The van der Waals surface area contributed by atoms with Crippen molar-refractivity contribution < 1.29 is 0 Å². The van der Waals surface area contributed by atoms with Crippen molar-refractivity contribution in [2.24, 2.45) is 5.92 Å². The molecule has 0 saturated heterocycles. The number of nitrogens with zero attached hydrogens (tertiary/aromatic N) is 1. The molecule has 0 aliphatic heterocycles. The predicted octanol–water partition coefficient (Wildman–Crippen LogP) is 3.52. The van der Waals surface area contributed by atoms with Crippen molar-refractivity contribution in [3.8, 4) is 0 Å². The lowest BCUT2D eigenvalue weighted by atomic mass is 10.1. The molecule has 0 fully saturated rings. The molecule has 0 aliphatic rings. The summed E-state index contributed by atoms with van der Waals surface area (Å²) in [6.45, 7) is 12.7. The van der Waals surface area contributed by atoms with Gasteiger partial charge in [-0.25, -0.2) is 0 Å². The summed E-state index contributed by atoms with van der Waals surface area (Å²) in [5.41, 5.74) is 0. The van der Waals surface area contributed by atoms with Crippen molar-refractivity contribution in [3.05, 3.63) is 0 Å². The second-order valence-corrected chi connectivity index (χ2v) is 5.84. The molecule has 0 spiro atoms. The Kier molecular flexibility index (Phi) is 11.0. The quantitative estimate of drug-likeness (QED) is 0.558. The van der Waals surface area contributed by atoms with E-state index in [1.165, 1.54) is 45.2 Å². The van der Waals surface area contributed by atoms with Crippen molar-refractivity contribution in [3.63, 3.8) is 0 Å². The summed E-state index contributed by atoms with van der Waals surface area (Å²) >= 11 is 0. The SMILES string of the molecule is CCCCCC(C)NCCN(C)CCC(C)C. The van der Waals surface area contributed by atoms with E-state index in [4.69, 9.17) is 0 Å². The summed E-state index contributed by atoms with van der Waals surface area (Å²) in [7, 11) is 2.23. The Morgan fingerprint density at radius 1 is 1.00 bits per heavy atom. The Morgan fingerprint density at radius 3 is 2.29 bits per heavy atom. The molecule has 0 amide bonds. The van der Waals surface area contributed by atoms with E-state index in [1.54, 1.807) is 0 Å². The molecule has 1 unspecified atom stereocenters. The van der Waals surface area contributed by atoms with Crippen LogP contribution in [0.5, 0.6) is 0 Å². The third-order valence-corrected chi connectivity index (χ3v) is 3.32. The van der Waals surface area contributed by atoms with Crippen molar-refractivity contribution in [2.75, 3.05) is 26.7 Å². The Morgan fingerprint density at radius 2 is 1.71 bits per heavy atom. The van der Waals surface area contributed by atoms with Crippen LogP contribution in [0.4, 0.5) is 0 Å². The van der Waals surface area contributed by atoms with Gasteiger partial charge >= 0.3 is 0 Å². The van der Waals surface area contributed by atoms with Gasteiger partial charge in [-0.15, -0.1) is 0 Å². The summed E-state index contributed by atoms with van der Waals surface area (Å²) in [6, 6.07) is 0.681. The van der Waals surface area contributed by atoms with E-state index in [0.717, 1.165) is 12.5 Å². The molecule has 0 saturated carbocycles. The maximum absolute atomic E-state index is 3.62. The largest absolute Gasteiger partial charge is 0.313 e. The fourth-order valence-corrected chi connectivity index (χ4v) is 1.89. The predicted molar refractivity (Wildman–Crippen MR) is 78.6 cm³/mol. The number of hydrogen-bond donors (Lipinski definition) is 1. The Bertz CT molecular complexity index is 157. The van der Waals surface area contributed by atoms with Crippen LogP contribution in [-0.4, -0.2) is 37.6 Å². The molecule has 0 rings (SSSR count). The summed E-state index contributed by atoms with van der Waals surface area (Å²) in [4.78, 5) is 2.44. The van der Waals surface area contributed by atoms with Gasteiger partial charge < -0.3 is 10.2 Å². The Labute approximate surface area is 109 Å². The average Bonchev–Trinajstić information content (AvgIpc) is 2.27. The molecule has 1 N–H and O–H groups in total. The minimum Gasteiger partial charge on any atom is -0.313 e. The molecule has 0 heterocycles. The van der Waals surface area contributed by atoms with Crippen LogP contribution in [0.25, 0.3) is 0 Å². The summed E-state index contributed by atoms with van der Waals surface area (Å²) in [5, 5.41) is 3.62. The fourth-order valence-electron chi connectivity index (χ4n) is 1.89. The topological polar surface area (TPSA) is 15.3 Å². The molecule has 0 aromatic rings. The highest BCUT2D eigenvalue weighted by molar-refractivity contribution is 4.63. The van der Waals surface area contributed by atoms with Gasteiger partial charge in [0.15, 0.2) is 0 Å². The normalized spacial score (nSPS) is 13.6. The van der Waals surface area contributed by atoms with Gasteiger partial charge in [0, 0.05) is 19.1 Å². The molecule has 17 heavy (non-hydrogen) atoms. The van der Waals surface area contributed by atoms with Gasteiger partial charge in [-0.2, -0.15) is 0 Å². The van der Waals surface area contributed by atoms with E-state index in [-0.39, 0.29) is 0 Å². The van der Waals surface area contributed by atoms with Gasteiger partial charge in [0.2, 0.25) is 0 Å². The van der Waals surface area contributed by atoms with Crippen LogP contribution in [0, 0.1) is 5.92 Å². The van der Waals surface area contributed by atoms with Crippen LogP contribution >= 0.6 is 0 Å². The molecule has 2 heteroatoms. The Hall–Kier alpha value is -0.0800. The second kappa shape index (κ2) is 11.0. The van der Waals surface area contributed by atoms with Crippen molar-refractivity contribution in [2.45, 2.75) is 65.8 Å². The third kappa shape index (κ3) is 12.2. The van der Waals surface area contributed by atoms with E-state index in [0.29, 0.717) is 6.04 Å². The fraction of sp³-hybridized carbons (Fsp3) is 1.00.